The molecule has 1 aromatic rings. The van der Waals surface area contributed by atoms with Crippen molar-refractivity contribution in [3.05, 3.63) is 30.1 Å². The number of rotatable bonds is 2. The first-order valence-electron chi connectivity index (χ1n) is 4.86. The fourth-order valence-electron chi connectivity index (χ4n) is 1.59. The van der Waals surface area contributed by atoms with Gasteiger partial charge in [-0.05, 0) is 13.0 Å². The van der Waals surface area contributed by atoms with Crippen LogP contribution in [0.5, 0.6) is 0 Å². The first-order chi connectivity index (χ1) is 7.18. The van der Waals surface area contributed by atoms with Crippen molar-refractivity contribution < 1.29 is 4.74 Å². The zero-order valence-corrected chi connectivity index (χ0v) is 8.55. The molecule has 1 aromatic heterocycles. The fourth-order valence-corrected chi connectivity index (χ4v) is 1.59. The summed E-state index contributed by atoms with van der Waals surface area (Å²) in [7, 11) is 0. The molecular weight excluding hydrogens is 192 g/mol. The molecule has 2 heterocycles. The molecule has 1 saturated heterocycles. The average molecular weight is 206 g/mol. The highest BCUT2D eigenvalue weighted by atomic mass is 16.5. The summed E-state index contributed by atoms with van der Waals surface area (Å²) >= 11 is 0. The summed E-state index contributed by atoms with van der Waals surface area (Å²) < 4.78 is 5.41. The molecule has 80 valence electrons. The quantitative estimate of drug-likeness (QED) is 0.746. The van der Waals surface area contributed by atoms with Gasteiger partial charge in [0, 0.05) is 18.0 Å². The summed E-state index contributed by atoms with van der Waals surface area (Å²) in [6, 6.07) is 3.94. The fraction of sp³-hybridized carbons (Fsp3) is 0.400. The molecule has 0 radical (unpaired) electrons. The highest BCUT2D eigenvalue weighted by Crippen LogP contribution is 2.25. The minimum Gasteiger partial charge on any atom is -0.455 e. The SMILES string of the molecule is CC(N)N1CC(c2cccnc2)OC1=N. The molecule has 1 aliphatic heterocycles. The first-order valence-corrected chi connectivity index (χ1v) is 4.86. The van der Waals surface area contributed by atoms with Crippen molar-refractivity contribution in [1.82, 2.24) is 9.88 Å². The lowest BCUT2D eigenvalue weighted by atomic mass is 10.1. The van der Waals surface area contributed by atoms with Crippen LogP contribution in [0.3, 0.4) is 0 Å². The van der Waals surface area contributed by atoms with E-state index in [9.17, 15) is 0 Å². The van der Waals surface area contributed by atoms with E-state index in [4.69, 9.17) is 15.9 Å². The number of nitrogens with two attached hydrogens (primary N) is 1. The number of nitrogens with zero attached hydrogens (tertiary/aromatic N) is 2. The second kappa shape index (κ2) is 3.86. The van der Waals surface area contributed by atoms with E-state index in [1.165, 1.54) is 0 Å². The van der Waals surface area contributed by atoms with Gasteiger partial charge in [-0.3, -0.25) is 10.4 Å². The van der Waals surface area contributed by atoms with Gasteiger partial charge in [0.1, 0.15) is 6.10 Å². The summed E-state index contributed by atoms with van der Waals surface area (Å²) in [5.74, 6) is 0. The Morgan fingerprint density at radius 2 is 2.53 bits per heavy atom. The Bertz CT molecular complexity index is 352. The number of hydrogen-bond donors (Lipinski definition) is 2. The molecule has 0 saturated carbocycles. The molecule has 15 heavy (non-hydrogen) atoms. The predicted octanol–water partition coefficient (Wildman–Crippen LogP) is 0.694. The third kappa shape index (κ3) is 1.92. The zero-order valence-electron chi connectivity index (χ0n) is 8.55. The van der Waals surface area contributed by atoms with Gasteiger partial charge in [0.2, 0.25) is 0 Å². The van der Waals surface area contributed by atoms with Crippen molar-refractivity contribution in [2.75, 3.05) is 6.54 Å². The molecule has 0 aromatic carbocycles. The Morgan fingerprint density at radius 3 is 3.07 bits per heavy atom. The van der Waals surface area contributed by atoms with Crippen LogP contribution in [0.25, 0.3) is 0 Å². The molecule has 3 N–H and O–H groups in total. The number of ether oxygens (including phenoxy) is 1. The van der Waals surface area contributed by atoms with Gasteiger partial charge >= 0.3 is 0 Å². The summed E-state index contributed by atoms with van der Waals surface area (Å²) in [6.45, 7) is 2.45. The van der Waals surface area contributed by atoms with Crippen molar-refractivity contribution >= 4 is 6.02 Å². The Labute approximate surface area is 88.4 Å². The lowest BCUT2D eigenvalue weighted by molar-refractivity contribution is 0.232. The van der Waals surface area contributed by atoms with E-state index in [2.05, 4.69) is 4.98 Å². The lowest BCUT2D eigenvalue weighted by Crippen LogP contribution is -2.40. The van der Waals surface area contributed by atoms with Gasteiger partial charge in [0.05, 0.1) is 12.7 Å². The van der Waals surface area contributed by atoms with Gasteiger partial charge in [0.25, 0.3) is 6.02 Å². The molecular formula is C10H14N4O. The molecule has 0 amide bonds. The molecule has 5 heteroatoms. The third-order valence-electron chi connectivity index (χ3n) is 2.43. The van der Waals surface area contributed by atoms with Gasteiger partial charge < -0.3 is 15.4 Å². The molecule has 0 aliphatic carbocycles. The van der Waals surface area contributed by atoms with E-state index in [1.807, 2.05) is 19.1 Å². The van der Waals surface area contributed by atoms with E-state index < -0.39 is 0 Å². The minimum absolute atomic E-state index is 0.128. The summed E-state index contributed by atoms with van der Waals surface area (Å²) in [6.07, 6.45) is 3.15. The van der Waals surface area contributed by atoms with Crippen LogP contribution in [-0.2, 0) is 4.74 Å². The number of nitrogens with one attached hydrogen (secondary N) is 1. The largest absolute Gasteiger partial charge is 0.455 e. The second-order valence-corrected chi connectivity index (χ2v) is 3.59. The summed E-state index contributed by atoms with van der Waals surface area (Å²) in [4.78, 5) is 5.74. The number of hydrogen-bond acceptors (Lipinski definition) is 4. The number of aromatic nitrogens is 1. The van der Waals surface area contributed by atoms with Crippen LogP contribution in [0.4, 0.5) is 0 Å². The van der Waals surface area contributed by atoms with Crippen LogP contribution in [-0.4, -0.2) is 28.6 Å². The molecule has 2 unspecified atom stereocenters. The summed E-state index contributed by atoms with van der Waals surface area (Å²) in [5, 5.41) is 7.62. The summed E-state index contributed by atoms with van der Waals surface area (Å²) in [5.41, 5.74) is 6.70. The van der Waals surface area contributed by atoms with Crippen LogP contribution in [0.2, 0.25) is 0 Å². The van der Waals surface area contributed by atoms with Gasteiger partial charge in [-0.25, -0.2) is 0 Å². The van der Waals surface area contributed by atoms with Crippen molar-refractivity contribution in [1.29, 1.82) is 5.41 Å². The lowest BCUT2D eigenvalue weighted by Gasteiger charge is -2.18. The van der Waals surface area contributed by atoms with Crippen LogP contribution >= 0.6 is 0 Å². The van der Waals surface area contributed by atoms with Gasteiger partial charge in [-0.1, -0.05) is 6.07 Å². The van der Waals surface area contributed by atoms with Gasteiger partial charge in [0.15, 0.2) is 0 Å². The maximum absolute atomic E-state index is 7.62. The maximum Gasteiger partial charge on any atom is 0.286 e. The number of pyridine rings is 1. The molecule has 1 aliphatic rings. The Kier molecular flexibility index (Phi) is 2.55. The molecule has 0 spiro atoms. The van der Waals surface area contributed by atoms with Crippen molar-refractivity contribution in [2.45, 2.75) is 19.2 Å². The molecule has 1 fully saturated rings. The molecule has 2 rings (SSSR count). The highest BCUT2D eigenvalue weighted by molar-refractivity contribution is 5.73. The standard InChI is InChI=1S/C10H14N4O/c1-7(11)14-6-9(15-10(14)12)8-3-2-4-13-5-8/h2-5,7,9,12H,6,11H2,1H3. The predicted molar refractivity (Wildman–Crippen MR) is 56.1 cm³/mol. The van der Waals surface area contributed by atoms with E-state index in [1.54, 1.807) is 17.3 Å². The minimum atomic E-state index is -0.195. The van der Waals surface area contributed by atoms with E-state index in [0.29, 0.717) is 6.54 Å². The maximum atomic E-state index is 7.62. The van der Waals surface area contributed by atoms with Crippen molar-refractivity contribution in [3.8, 4) is 0 Å². The number of amidine groups is 1. The molecule has 5 nitrogen and oxygen atoms in total. The molecule has 0 bridgehead atoms. The molecule has 2 atom stereocenters. The van der Waals surface area contributed by atoms with Crippen LogP contribution in [0, 0.1) is 5.41 Å². The van der Waals surface area contributed by atoms with E-state index >= 15 is 0 Å². The second-order valence-electron chi connectivity index (χ2n) is 3.59. The van der Waals surface area contributed by atoms with Crippen molar-refractivity contribution in [3.63, 3.8) is 0 Å². The highest BCUT2D eigenvalue weighted by Gasteiger charge is 2.31. The topological polar surface area (TPSA) is 75.2 Å². The Hall–Kier alpha value is -1.62. The first kappa shape index (κ1) is 9.92. The van der Waals surface area contributed by atoms with E-state index in [0.717, 1.165) is 5.56 Å². The Balaban J connectivity index is 2.13. The average Bonchev–Trinajstić information content (AvgIpc) is 2.62. The monoisotopic (exact) mass is 206 g/mol. The van der Waals surface area contributed by atoms with Crippen molar-refractivity contribution in [2.24, 2.45) is 5.73 Å². The third-order valence-corrected chi connectivity index (χ3v) is 2.43. The van der Waals surface area contributed by atoms with Crippen LogP contribution in [0.1, 0.15) is 18.6 Å². The Morgan fingerprint density at radius 1 is 1.73 bits per heavy atom. The zero-order chi connectivity index (χ0) is 10.8. The van der Waals surface area contributed by atoms with Crippen LogP contribution in [0.15, 0.2) is 24.5 Å². The van der Waals surface area contributed by atoms with Crippen LogP contribution < -0.4 is 5.73 Å². The van der Waals surface area contributed by atoms with E-state index in [-0.39, 0.29) is 18.3 Å². The van der Waals surface area contributed by atoms with Gasteiger partial charge in [-0.15, -0.1) is 0 Å². The normalized spacial score (nSPS) is 22.7. The smallest absolute Gasteiger partial charge is 0.286 e. The van der Waals surface area contributed by atoms with Gasteiger partial charge in [-0.2, -0.15) is 0 Å².